The quantitative estimate of drug-likeness (QED) is 0.755. The van der Waals surface area contributed by atoms with E-state index in [9.17, 15) is 4.79 Å². The van der Waals surface area contributed by atoms with Gasteiger partial charge < -0.3 is 5.32 Å². The normalized spacial score (nSPS) is 14.8. The zero-order chi connectivity index (χ0) is 18.5. The van der Waals surface area contributed by atoms with Crippen LogP contribution in [0.4, 0.5) is 5.69 Å². The molecule has 0 radical (unpaired) electrons. The van der Waals surface area contributed by atoms with Crippen molar-refractivity contribution in [2.24, 2.45) is 0 Å². The van der Waals surface area contributed by atoms with Crippen LogP contribution in [-0.4, -0.2) is 43.6 Å². The van der Waals surface area contributed by atoms with Gasteiger partial charge in [0.2, 0.25) is 0 Å². The molecule has 7 nitrogen and oxygen atoms in total. The molecule has 0 unspecified atom stereocenters. The second-order valence-electron chi connectivity index (χ2n) is 6.70. The molecular formula is C20H22N6O. The van der Waals surface area contributed by atoms with E-state index in [2.05, 4.69) is 31.5 Å². The van der Waals surface area contributed by atoms with Crippen LogP contribution in [0.2, 0.25) is 0 Å². The van der Waals surface area contributed by atoms with Gasteiger partial charge in [-0.2, -0.15) is 0 Å². The fourth-order valence-electron chi connectivity index (χ4n) is 3.34. The van der Waals surface area contributed by atoms with E-state index in [1.165, 1.54) is 19.3 Å². The van der Waals surface area contributed by atoms with Gasteiger partial charge in [-0.1, -0.05) is 30.7 Å². The van der Waals surface area contributed by atoms with Gasteiger partial charge in [0.15, 0.2) is 0 Å². The van der Waals surface area contributed by atoms with E-state index in [0.717, 1.165) is 30.9 Å². The largest absolute Gasteiger partial charge is 0.320 e. The second kappa shape index (κ2) is 8.09. The number of amides is 1. The first-order chi connectivity index (χ1) is 13.3. The topological polar surface area (TPSA) is 75.9 Å². The number of piperidine rings is 1. The minimum Gasteiger partial charge on any atom is -0.320 e. The van der Waals surface area contributed by atoms with Crippen LogP contribution in [0.5, 0.6) is 0 Å². The lowest BCUT2D eigenvalue weighted by molar-refractivity contribution is 0.102. The van der Waals surface area contributed by atoms with Gasteiger partial charge in [0.25, 0.3) is 5.91 Å². The third-order valence-electron chi connectivity index (χ3n) is 4.76. The molecule has 1 N–H and O–H groups in total. The molecule has 0 atom stereocenters. The molecule has 0 saturated carbocycles. The number of nitrogens with zero attached hydrogens (tertiary/aromatic N) is 5. The Morgan fingerprint density at radius 3 is 2.56 bits per heavy atom. The van der Waals surface area contributed by atoms with Crippen molar-refractivity contribution < 1.29 is 4.79 Å². The van der Waals surface area contributed by atoms with Crippen molar-refractivity contribution in [2.45, 2.75) is 25.8 Å². The highest BCUT2D eigenvalue weighted by molar-refractivity contribution is 6.03. The molecule has 0 bridgehead atoms. The summed E-state index contributed by atoms with van der Waals surface area (Å²) in [5.41, 5.74) is 2.32. The predicted molar refractivity (Wildman–Crippen MR) is 103 cm³/mol. The number of aromatic nitrogens is 4. The van der Waals surface area contributed by atoms with Gasteiger partial charge in [-0.3, -0.25) is 14.3 Å². The molecule has 7 heteroatoms. The second-order valence-corrected chi connectivity index (χ2v) is 6.70. The molecular weight excluding hydrogens is 340 g/mol. The van der Waals surface area contributed by atoms with Gasteiger partial charge >= 0.3 is 0 Å². The standard InChI is InChI=1S/C20H22N6O/c27-20(18-9-6-10-19(23-18)26-14-21-22-15-26)24-17-8-3-2-7-16(17)13-25-11-4-1-5-12-25/h2-3,6-10,14-15H,1,4-5,11-13H2,(H,24,27). The van der Waals surface area contributed by atoms with Crippen molar-refractivity contribution in [1.29, 1.82) is 0 Å². The maximum Gasteiger partial charge on any atom is 0.274 e. The van der Waals surface area contributed by atoms with Crippen LogP contribution in [-0.2, 0) is 6.54 Å². The molecule has 4 rings (SSSR count). The highest BCUT2D eigenvalue weighted by Gasteiger charge is 2.15. The Labute approximate surface area is 158 Å². The van der Waals surface area contributed by atoms with Crippen LogP contribution in [0.3, 0.4) is 0 Å². The first-order valence-corrected chi connectivity index (χ1v) is 9.23. The summed E-state index contributed by atoms with van der Waals surface area (Å²) in [6.45, 7) is 3.08. The van der Waals surface area contributed by atoms with E-state index >= 15 is 0 Å². The lowest BCUT2D eigenvalue weighted by Gasteiger charge is -2.27. The van der Waals surface area contributed by atoms with Crippen molar-refractivity contribution in [3.8, 4) is 5.82 Å². The van der Waals surface area contributed by atoms with Gasteiger partial charge in [-0.25, -0.2) is 4.98 Å². The summed E-state index contributed by atoms with van der Waals surface area (Å²) in [4.78, 5) is 19.6. The molecule has 1 saturated heterocycles. The Hall–Kier alpha value is -3.06. The van der Waals surface area contributed by atoms with Crippen molar-refractivity contribution in [1.82, 2.24) is 24.6 Å². The minimum absolute atomic E-state index is 0.226. The number of benzene rings is 1. The summed E-state index contributed by atoms with van der Waals surface area (Å²) in [7, 11) is 0. The number of para-hydroxylation sites is 1. The average molecular weight is 362 g/mol. The van der Waals surface area contributed by atoms with Crippen molar-refractivity contribution in [3.05, 3.63) is 66.4 Å². The number of carbonyl (C=O) groups is 1. The maximum absolute atomic E-state index is 12.8. The summed E-state index contributed by atoms with van der Waals surface area (Å²) in [6.07, 6.45) is 6.90. The Kier molecular flexibility index (Phi) is 5.20. The maximum atomic E-state index is 12.8. The average Bonchev–Trinajstić information content (AvgIpc) is 3.25. The number of hydrogen-bond acceptors (Lipinski definition) is 5. The van der Waals surface area contributed by atoms with E-state index in [4.69, 9.17) is 0 Å². The van der Waals surface area contributed by atoms with Gasteiger partial charge in [0.1, 0.15) is 24.2 Å². The number of anilines is 1. The monoisotopic (exact) mass is 362 g/mol. The summed E-state index contributed by atoms with van der Waals surface area (Å²) >= 11 is 0. The van der Waals surface area contributed by atoms with Crippen LogP contribution in [0, 0.1) is 0 Å². The van der Waals surface area contributed by atoms with E-state index in [1.54, 1.807) is 29.4 Å². The third kappa shape index (κ3) is 4.20. The van der Waals surface area contributed by atoms with Crippen LogP contribution in [0.15, 0.2) is 55.1 Å². The van der Waals surface area contributed by atoms with Crippen molar-refractivity contribution in [2.75, 3.05) is 18.4 Å². The molecule has 0 spiro atoms. The molecule has 1 aliphatic rings. The summed E-state index contributed by atoms with van der Waals surface area (Å²) in [5, 5.41) is 10.6. The Balaban J connectivity index is 1.51. The van der Waals surface area contributed by atoms with Crippen molar-refractivity contribution in [3.63, 3.8) is 0 Å². The first kappa shape index (κ1) is 17.4. The van der Waals surface area contributed by atoms with Crippen molar-refractivity contribution >= 4 is 11.6 Å². The highest BCUT2D eigenvalue weighted by Crippen LogP contribution is 2.20. The Bertz CT molecular complexity index is 902. The lowest BCUT2D eigenvalue weighted by atomic mass is 10.1. The van der Waals surface area contributed by atoms with Gasteiger partial charge in [0, 0.05) is 12.2 Å². The zero-order valence-corrected chi connectivity index (χ0v) is 15.1. The lowest BCUT2D eigenvalue weighted by Crippen LogP contribution is -2.29. The Morgan fingerprint density at radius 2 is 1.74 bits per heavy atom. The minimum atomic E-state index is -0.226. The van der Waals surface area contributed by atoms with Crippen LogP contribution in [0.25, 0.3) is 5.82 Å². The van der Waals surface area contributed by atoms with Gasteiger partial charge in [-0.15, -0.1) is 10.2 Å². The fraction of sp³-hybridized carbons (Fsp3) is 0.300. The zero-order valence-electron chi connectivity index (χ0n) is 15.1. The summed E-state index contributed by atoms with van der Waals surface area (Å²) in [6, 6.07) is 13.3. The molecule has 1 fully saturated rings. The number of rotatable bonds is 5. The molecule has 1 aromatic carbocycles. The van der Waals surface area contributed by atoms with E-state index in [-0.39, 0.29) is 5.91 Å². The number of likely N-dealkylation sites (tertiary alicyclic amines) is 1. The van der Waals surface area contributed by atoms with E-state index in [0.29, 0.717) is 11.5 Å². The fourth-order valence-corrected chi connectivity index (χ4v) is 3.34. The Morgan fingerprint density at radius 1 is 0.963 bits per heavy atom. The molecule has 3 aromatic rings. The first-order valence-electron chi connectivity index (χ1n) is 9.23. The molecule has 2 aromatic heterocycles. The summed E-state index contributed by atoms with van der Waals surface area (Å²) in [5.74, 6) is 0.380. The molecule has 3 heterocycles. The SMILES string of the molecule is O=C(Nc1ccccc1CN1CCCCC1)c1cccc(-n2cnnc2)n1. The van der Waals surface area contributed by atoms with Gasteiger partial charge in [-0.05, 0) is 49.7 Å². The molecule has 27 heavy (non-hydrogen) atoms. The van der Waals surface area contributed by atoms with Gasteiger partial charge in [0.05, 0.1) is 0 Å². The van der Waals surface area contributed by atoms with E-state index in [1.807, 2.05) is 24.3 Å². The molecule has 1 aliphatic heterocycles. The highest BCUT2D eigenvalue weighted by atomic mass is 16.1. The number of hydrogen-bond donors (Lipinski definition) is 1. The number of carbonyl (C=O) groups excluding carboxylic acids is 1. The molecule has 1 amide bonds. The number of pyridine rings is 1. The molecule has 0 aliphatic carbocycles. The van der Waals surface area contributed by atoms with Crippen LogP contribution < -0.4 is 5.32 Å². The van der Waals surface area contributed by atoms with Crippen LogP contribution in [0.1, 0.15) is 35.3 Å². The summed E-state index contributed by atoms with van der Waals surface area (Å²) < 4.78 is 1.67. The van der Waals surface area contributed by atoms with E-state index < -0.39 is 0 Å². The molecule has 138 valence electrons. The smallest absolute Gasteiger partial charge is 0.274 e. The predicted octanol–water partition coefficient (Wildman–Crippen LogP) is 2.90. The number of nitrogens with one attached hydrogen (secondary N) is 1. The third-order valence-corrected chi connectivity index (χ3v) is 4.76. The van der Waals surface area contributed by atoms with Crippen LogP contribution >= 0.6 is 0 Å².